The Morgan fingerprint density at radius 3 is 2.65 bits per heavy atom. The lowest BCUT2D eigenvalue weighted by atomic mass is 9.85. The van der Waals surface area contributed by atoms with E-state index in [-0.39, 0.29) is 0 Å². The standard InChI is InChI=1S/C16H30N4/c1-7-13-8-14(19(6)18-13)10-20-11-15(16(3,4)5)17-9-12(20)2/h8,12,15,17H,7,9-11H2,1-6H3. The van der Waals surface area contributed by atoms with Crippen molar-refractivity contribution in [2.45, 2.75) is 59.7 Å². The first kappa shape index (κ1) is 15.5. The van der Waals surface area contributed by atoms with Crippen molar-refractivity contribution in [3.8, 4) is 0 Å². The third-order valence-corrected chi connectivity index (χ3v) is 4.50. The molecule has 0 spiro atoms. The topological polar surface area (TPSA) is 33.1 Å². The quantitative estimate of drug-likeness (QED) is 0.920. The molecule has 0 saturated carbocycles. The maximum Gasteiger partial charge on any atom is 0.0625 e. The zero-order valence-electron chi connectivity index (χ0n) is 13.9. The number of rotatable bonds is 3. The summed E-state index contributed by atoms with van der Waals surface area (Å²) >= 11 is 0. The van der Waals surface area contributed by atoms with E-state index in [0.29, 0.717) is 17.5 Å². The summed E-state index contributed by atoms with van der Waals surface area (Å²) in [5.74, 6) is 0. The van der Waals surface area contributed by atoms with E-state index >= 15 is 0 Å². The molecule has 0 aliphatic carbocycles. The Balaban J connectivity index is 2.08. The number of piperazine rings is 1. The van der Waals surface area contributed by atoms with E-state index < -0.39 is 0 Å². The second-order valence-electron chi connectivity index (χ2n) is 7.21. The molecule has 114 valence electrons. The van der Waals surface area contributed by atoms with Crippen molar-refractivity contribution in [1.29, 1.82) is 0 Å². The van der Waals surface area contributed by atoms with Gasteiger partial charge < -0.3 is 5.32 Å². The lowest BCUT2D eigenvalue weighted by Crippen LogP contribution is -2.59. The second kappa shape index (κ2) is 5.86. The second-order valence-corrected chi connectivity index (χ2v) is 7.21. The van der Waals surface area contributed by atoms with Crippen LogP contribution in [0, 0.1) is 5.41 Å². The van der Waals surface area contributed by atoms with E-state index in [1.54, 1.807) is 0 Å². The summed E-state index contributed by atoms with van der Waals surface area (Å²) in [6.45, 7) is 14.6. The zero-order valence-corrected chi connectivity index (χ0v) is 13.9. The molecule has 0 aromatic carbocycles. The highest BCUT2D eigenvalue weighted by Gasteiger charge is 2.32. The van der Waals surface area contributed by atoms with Crippen molar-refractivity contribution < 1.29 is 0 Å². The van der Waals surface area contributed by atoms with Gasteiger partial charge in [-0.1, -0.05) is 27.7 Å². The molecule has 2 unspecified atom stereocenters. The van der Waals surface area contributed by atoms with E-state index in [1.165, 1.54) is 11.4 Å². The van der Waals surface area contributed by atoms with Crippen LogP contribution in [-0.4, -0.2) is 39.9 Å². The summed E-state index contributed by atoms with van der Waals surface area (Å²) < 4.78 is 2.04. The number of nitrogens with one attached hydrogen (secondary N) is 1. The molecule has 1 aromatic heterocycles. The fraction of sp³-hybridized carbons (Fsp3) is 0.812. The van der Waals surface area contributed by atoms with Crippen molar-refractivity contribution in [2.24, 2.45) is 12.5 Å². The van der Waals surface area contributed by atoms with Crippen LogP contribution in [0.3, 0.4) is 0 Å². The van der Waals surface area contributed by atoms with Crippen LogP contribution in [0.5, 0.6) is 0 Å². The van der Waals surface area contributed by atoms with Crippen LogP contribution in [0.25, 0.3) is 0 Å². The fourth-order valence-corrected chi connectivity index (χ4v) is 2.82. The van der Waals surface area contributed by atoms with Gasteiger partial charge in [-0.15, -0.1) is 0 Å². The number of hydrogen-bond acceptors (Lipinski definition) is 3. The molecule has 2 atom stereocenters. The molecule has 2 heterocycles. The Hall–Kier alpha value is -0.870. The van der Waals surface area contributed by atoms with Crippen LogP contribution in [0.2, 0.25) is 0 Å². The molecule has 1 aromatic rings. The summed E-state index contributed by atoms with van der Waals surface area (Å²) in [4.78, 5) is 2.59. The van der Waals surface area contributed by atoms with Crippen molar-refractivity contribution in [3.63, 3.8) is 0 Å². The Morgan fingerprint density at radius 2 is 2.10 bits per heavy atom. The molecule has 2 rings (SSSR count). The van der Waals surface area contributed by atoms with Gasteiger partial charge in [0.2, 0.25) is 0 Å². The molecular weight excluding hydrogens is 248 g/mol. The van der Waals surface area contributed by atoms with Gasteiger partial charge in [0.15, 0.2) is 0 Å². The molecular formula is C16H30N4. The number of aromatic nitrogens is 2. The van der Waals surface area contributed by atoms with Crippen molar-refractivity contribution in [2.75, 3.05) is 13.1 Å². The third-order valence-electron chi connectivity index (χ3n) is 4.50. The summed E-state index contributed by atoms with van der Waals surface area (Å²) in [5.41, 5.74) is 2.82. The minimum atomic E-state index is 0.305. The number of hydrogen-bond donors (Lipinski definition) is 1. The highest BCUT2D eigenvalue weighted by Crippen LogP contribution is 2.24. The minimum absolute atomic E-state index is 0.305. The molecule has 1 aliphatic rings. The van der Waals surface area contributed by atoms with Gasteiger partial charge in [-0.05, 0) is 24.8 Å². The summed E-state index contributed by atoms with van der Waals surface area (Å²) in [6.07, 6.45) is 1.01. The van der Waals surface area contributed by atoms with Gasteiger partial charge in [-0.3, -0.25) is 9.58 Å². The predicted molar refractivity (Wildman–Crippen MR) is 83.7 cm³/mol. The fourth-order valence-electron chi connectivity index (χ4n) is 2.82. The van der Waals surface area contributed by atoms with Gasteiger partial charge in [0.1, 0.15) is 0 Å². The molecule has 0 amide bonds. The molecule has 1 N–H and O–H groups in total. The monoisotopic (exact) mass is 278 g/mol. The molecule has 0 radical (unpaired) electrons. The molecule has 1 aliphatic heterocycles. The van der Waals surface area contributed by atoms with E-state index in [4.69, 9.17) is 0 Å². The van der Waals surface area contributed by atoms with Crippen LogP contribution >= 0.6 is 0 Å². The molecule has 20 heavy (non-hydrogen) atoms. The maximum atomic E-state index is 4.56. The first-order valence-electron chi connectivity index (χ1n) is 7.80. The zero-order chi connectivity index (χ0) is 14.9. The van der Waals surface area contributed by atoms with Crippen molar-refractivity contribution >= 4 is 0 Å². The van der Waals surface area contributed by atoms with E-state index in [0.717, 1.165) is 26.1 Å². The van der Waals surface area contributed by atoms with Crippen LogP contribution in [0.1, 0.15) is 46.0 Å². The highest BCUT2D eigenvalue weighted by atomic mass is 15.3. The summed E-state index contributed by atoms with van der Waals surface area (Å²) in [6, 6.07) is 3.38. The molecule has 4 heteroatoms. The van der Waals surface area contributed by atoms with Gasteiger partial charge in [0.25, 0.3) is 0 Å². The average Bonchev–Trinajstić information content (AvgIpc) is 2.71. The lowest BCUT2D eigenvalue weighted by Gasteiger charge is -2.44. The van der Waals surface area contributed by atoms with Gasteiger partial charge >= 0.3 is 0 Å². The van der Waals surface area contributed by atoms with Gasteiger partial charge in [0.05, 0.1) is 11.4 Å². The van der Waals surface area contributed by atoms with E-state index in [9.17, 15) is 0 Å². The molecule has 0 bridgehead atoms. The van der Waals surface area contributed by atoms with Crippen molar-refractivity contribution in [1.82, 2.24) is 20.0 Å². The average molecular weight is 278 g/mol. The van der Waals surface area contributed by atoms with Crippen LogP contribution in [-0.2, 0) is 20.0 Å². The number of nitrogens with zero attached hydrogens (tertiary/aromatic N) is 3. The Kier molecular flexibility index (Phi) is 4.55. The normalized spacial score (nSPS) is 25.1. The van der Waals surface area contributed by atoms with E-state index in [2.05, 4.69) is 63.0 Å². The van der Waals surface area contributed by atoms with Crippen LogP contribution < -0.4 is 5.32 Å². The van der Waals surface area contributed by atoms with Gasteiger partial charge in [-0.2, -0.15) is 5.10 Å². The predicted octanol–water partition coefficient (Wildman–Crippen LogP) is 2.19. The molecule has 1 saturated heterocycles. The largest absolute Gasteiger partial charge is 0.311 e. The summed E-state index contributed by atoms with van der Waals surface area (Å²) in [5, 5.41) is 8.25. The Bertz CT molecular complexity index is 444. The van der Waals surface area contributed by atoms with Crippen LogP contribution in [0.4, 0.5) is 0 Å². The van der Waals surface area contributed by atoms with Gasteiger partial charge in [0, 0.05) is 38.8 Å². The molecule has 4 nitrogen and oxygen atoms in total. The number of aryl methyl sites for hydroxylation is 2. The van der Waals surface area contributed by atoms with Crippen LogP contribution in [0.15, 0.2) is 6.07 Å². The Morgan fingerprint density at radius 1 is 1.40 bits per heavy atom. The first-order chi connectivity index (χ1) is 9.31. The minimum Gasteiger partial charge on any atom is -0.311 e. The summed E-state index contributed by atoms with van der Waals surface area (Å²) in [7, 11) is 2.06. The smallest absolute Gasteiger partial charge is 0.0625 e. The first-order valence-corrected chi connectivity index (χ1v) is 7.80. The Labute approximate surface area is 123 Å². The molecule has 1 fully saturated rings. The maximum absolute atomic E-state index is 4.56. The van der Waals surface area contributed by atoms with E-state index in [1.807, 2.05) is 4.68 Å². The highest BCUT2D eigenvalue weighted by molar-refractivity contribution is 5.10. The van der Waals surface area contributed by atoms with Crippen molar-refractivity contribution in [3.05, 3.63) is 17.5 Å². The third kappa shape index (κ3) is 3.41. The lowest BCUT2D eigenvalue weighted by molar-refractivity contribution is 0.0857. The SMILES string of the molecule is CCc1cc(CN2CC(C(C)(C)C)NCC2C)n(C)n1. The van der Waals surface area contributed by atoms with Gasteiger partial charge in [-0.25, -0.2) is 0 Å².